The fraction of sp³-hybridized carbons (Fsp3) is 0.600. The fourth-order valence-corrected chi connectivity index (χ4v) is 1.59. The van der Waals surface area contributed by atoms with Gasteiger partial charge in [-0.3, -0.25) is 4.90 Å². The third-order valence-electron chi connectivity index (χ3n) is 2.35. The fourth-order valence-electron chi connectivity index (χ4n) is 1.59. The minimum Gasteiger partial charge on any atom is -0.468 e. The van der Waals surface area contributed by atoms with Crippen LogP contribution in [0.25, 0.3) is 0 Å². The number of nitrogens with zero attached hydrogens (tertiary/aromatic N) is 1. The Kier molecular flexibility index (Phi) is 3.99. The molecule has 3 heteroatoms. The van der Waals surface area contributed by atoms with Gasteiger partial charge < -0.3 is 10.2 Å². The van der Waals surface area contributed by atoms with E-state index in [2.05, 4.69) is 18.7 Å². The number of nitrogens with two attached hydrogens (primary N) is 1. The lowest BCUT2D eigenvalue weighted by molar-refractivity contribution is 0.198. The molecule has 0 saturated heterocycles. The Morgan fingerprint density at radius 2 is 2.15 bits per heavy atom. The van der Waals surface area contributed by atoms with Crippen LogP contribution in [0.15, 0.2) is 22.8 Å². The van der Waals surface area contributed by atoms with Crippen molar-refractivity contribution in [2.75, 3.05) is 19.6 Å². The summed E-state index contributed by atoms with van der Waals surface area (Å²) in [6.45, 7) is 6.87. The highest BCUT2D eigenvalue weighted by molar-refractivity contribution is 5.05. The van der Waals surface area contributed by atoms with Gasteiger partial charge in [0.25, 0.3) is 0 Å². The summed E-state index contributed by atoms with van der Waals surface area (Å²) in [5, 5.41) is 0. The van der Waals surface area contributed by atoms with Crippen molar-refractivity contribution in [2.45, 2.75) is 19.9 Å². The molecule has 1 rings (SSSR count). The summed E-state index contributed by atoms with van der Waals surface area (Å²) < 4.78 is 5.35. The Labute approximate surface area is 79.5 Å². The van der Waals surface area contributed by atoms with E-state index in [-0.39, 0.29) is 6.04 Å². The van der Waals surface area contributed by atoms with Crippen LogP contribution in [0.2, 0.25) is 0 Å². The number of hydrogen-bond donors (Lipinski definition) is 1. The molecule has 0 saturated carbocycles. The van der Waals surface area contributed by atoms with Gasteiger partial charge in [-0.2, -0.15) is 0 Å². The van der Waals surface area contributed by atoms with E-state index in [1.807, 2.05) is 12.1 Å². The number of rotatable bonds is 5. The van der Waals surface area contributed by atoms with Crippen LogP contribution in [-0.2, 0) is 0 Å². The Hall–Kier alpha value is -0.800. The van der Waals surface area contributed by atoms with E-state index >= 15 is 0 Å². The van der Waals surface area contributed by atoms with Crippen LogP contribution in [0.3, 0.4) is 0 Å². The summed E-state index contributed by atoms with van der Waals surface area (Å²) in [5.41, 5.74) is 5.71. The van der Waals surface area contributed by atoms with Crippen molar-refractivity contribution in [1.29, 1.82) is 0 Å². The maximum atomic E-state index is 5.71. The van der Waals surface area contributed by atoms with Crippen LogP contribution in [0, 0.1) is 0 Å². The first-order valence-corrected chi connectivity index (χ1v) is 4.81. The van der Waals surface area contributed by atoms with Gasteiger partial charge in [-0.15, -0.1) is 0 Å². The number of likely N-dealkylation sites (N-methyl/N-ethyl adjacent to an activating group) is 1. The second-order valence-electron chi connectivity index (χ2n) is 2.99. The van der Waals surface area contributed by atoms with Crippen molar-refractivity contribution in [3.05, 3.63) is 24.2 Å². The molecule has 1 heterocycles. The molecular weight excluding hydrogens is 164 g/mol. The van der Waals surface area contributed by atoms with Crippen LogP contribution >= 0.6 is 0 Å². The molecule has 0 aliphatic carbocycles. The van der Waals surface area contributed by atoms with E-state index in [4.69, 9.17) is 10.2 Å². The molecule has 1 aromatic heterocycles. The Morgan fingerprint density at radius 1 is 1.46 bits per heavy atom. The molecule has 0 amide bonds. The Bertz CT molecular complexity index is 217. The van der Waals surface area contributed by atoms with Gasteiger partial charge in [0.2, 0.25) is 0 Å². The van der Waals surface area contributed by atoms with Crippen molar-refractivity contribution >= 4 is 0 Å². The largest absolute Gasteiger partial charge is 0.468 e. The molecule has 13 heavy (non-hydrogen) atoms. The van der Waals surface area contributed by atoms with Gasteiger partial charge in [0.15, 0.2) is 0 Å². The first-order valence-electron chi connectivity index (χ1n) is 4.81. The maximum Gasteiger partial charge on any atom is 0.122 e. The zero-order chi connectivity index (χ0) is 9.68. The van der Waals surface area contributed by atoms with Crippen molar-refractivity contribution < 1.29 is 4.42 Å². The quantitative estimate of drug-likeness (QED) is 0.752. The van der Waals surface area contributed by atoms with E-state index in [1.165, 1.54) is 0 Å². The second-order valence-corrected chi connectivity index (χ2v) is 2.99. The van der Waals surface area contributed by atoms with Crippen LogP contribution in [0.5, 0.6) is 0 Å². The summed E-state index contributed by atoms with van der Waals surface area (Å²) in [4.78, 5) is 2.29. The molecule has 0 unspecified atom stereocenters. The minimum absolute atomic E-state index is 0.227. The van der Waals surface area contributed by atoms with E-state index in [0.29, 0.717) is 6.54 Å². The molecule has 0 aliphatic rings. The average Bonchev–Trinajstić information content (AvgIpc) is 2.66. The summed E-state index contributed by atoms with van der Waals surface area (Å²) in [6, 6.07) is 4.11. The maximum absolute atomic E-state index is 5.71. The molecule has 0 fully saturated rings. The number of hydrogen-bond acceptors (Lipinski definition) is 3. The third kappa shape index (κ3) is 2.32. The van der Waals surface area contributed by atoms with Crippen molar-refractivity contribution in [3.8, 4) is 0 Å². The first kappa shape index (κ1) is 10.3. The molecule has 3 nitrogen and oxygen atoms in total. The molecule has 74 valence electrons. The van der Waals surface area contributed by atoms with Crippen LogP contribution in [-0.4, -0.2) is 24.5 Å². The Morgan fingerprint density at radius 3 is 2.54 bits per heavy atom. The van der Waals surface area contributed by atoms with Gasteiger partial charge in [-0.05, 0) is 25.2 Å². The lowest BCUT2D eigenvalue weighted by Gasteiger charge is -2.26. The predicted octanol–water partition coefficient (Wildman–Crippen LogP) is 1.62. The SMILES string of the molecule is CCN(CC)[C@H](CN)c1ccco1. The van der Waals surface area contributed by atoms with Crippen LogP contribution in [0.4, 0.5) is 0 Å². The lowest BCUT2D eigenvalue weighted by atomic mass is 10.2. The van der Waals surface area contributed by atoms with Crippen molar-refractivity contribution in [1.82, 2.24) is 4.90 Å². The topological polar surface area (TPSA) is 42.4 Å². The summed E-state index contributed by atoms with van der Waals surface area (Å²) in [7, 11) is 0. The summed E-state index contributed by atoms with van der Waals surface area (Å²) in [5.74, 6) is 0.964. The summed E-state index contributed by atoms with van der Waals surface area (Å²) in [6.07, 6.45) is 1.70. The monoisotopic (exact) mass is 182 g/mol. The molecule has 1 atom stereocenters. The molecule has 0 aliphatic heterocycles. The first-order chi connectivity index (χ1) is 6.33. The van der Waals surface area contributed by atoms with E-state index in [9.17, 15) is 0 Å². The van der Waals surface area contributed by atoms with E-state index < -0.39 is 0 Å². The summed E-state index contributed by atoms with van der Waals surface area (Å²) >= 11 is 0. The van der Waals surface area contributed by atoms with Crippen molar-refractivity contribution in [3.63, 3.8) is 0 Å². The van der Waals surface area contributed by atoms with E-state index in [0.717, 1.165) is 18.8 Å². The standard InChI is InChI=1S/C10H18N2O/c1-3-12(4-2)9(8-11)10-6-5-7-13-10/h5-7,9H,3-4,8,11H2,1-2H3/t9-/m1/s1. The zero-order valence-electron chi connectivity index (χ0n) is 8.36. The molecule has 1 aromatic rings. The number of furan rings is 1. The molecule has 0 spiro atoms. The molecule has 0 radical (unpaired) electrons. The van der Waals surface area contributed by atoms with Gasteiger partial charge in [-0.25, -0.2) is 0 Å². The smallest absolute Gasteiger partial charge is 0.122 e. The van der Waals surface area contributed by atoms with Gasteiger partial charge in [0, 0.05) is 6.54 Å². The van der Waals surface area contributed by atoms with Crippen LogP contribution < -0.4 is 5.73 Å². The predicted molar refractivity (Wildman–Crippen MR) is 53.4 cm³/mol. The third-order valence-corrected chi connectivity index (χ3v) is 2.35. The lowest BCUT2D eigenvalue weighted by Crippen LogP contribution is -2.33. The second kappa shape index (κ2) is 5.04. The minimum atomic E-state index is 0.227. The molecule has 0 aromatic carbocycles. The van der Waals surface area contributed by atoms with Gasteiger partial charge >= 0.3 is 0 Å². The average molecular weight is 182 g/mol. The Balaban J connectivity index is 2.72. The highest BCUT2D eigenvalue weighted by atomic mass is 16.3. The van der Waals surface area contributed by atoms with Gasteiger partial charge in [0.05, 0.1) is 12.3 Å². The van der Waals surface area contributed by atoms with Gasteiger partial charge in [-0.1, -0.05) is 13.8 Å². The highest BCUT2D eigenvalue weighted by Gasteiger charge is 2.17. The molecule has 0 bridgehead atoms. The van der Waals surface area contributed by atoms with E-state index in [1.54, 1.807) is 6.26 Å². The normalized spacial score (nSPS) is 13.5. The van der Waals surface area contributed by atoms with Crippen molar-refractivity contribution in [2.24, 2.45) is 5.73 Å². The zero-order valence-corrected chi connectivity index (χ0v) is 8.36. The van der Waals surface area contributed by atoms with Crippen LogP contribution in [0.1, 0.15) is 25.6 Å². The van der Waals surface area contributed by atoms with Gasteiger partial charge in [0.1, 0.15) is 5.76 Å². The molecular formula is C10H18N2O. The molecule has 2 N–H and O–H groups in total. The highest BCUT2D eigenvalue weighted by Crippen LogP contribution is 2.19.